The van der Waals surface area contributed by atoms with Crippen molar-refractivity contribution in [3.8, 4) is 0 Å². The Morgan fingerprint density at radius 1 is 1.10 bits per heavy atom. The fourth-order valence-corrected chi connectivity index (χ4v) is 5.72. The maximum atomic E-state index is 13.1. The largest absolute Gasteiger partial charge is 0.321 e. The van der Waals surface area contributed by atoms with Crippen molar-refractivity contribution < 1.29 is 13.2 Å². The second kappa shape index (κ2) is 9.09. The van der Waals surface area contributed by atoms with Gasteiger partial charge in [-0.3, -0.25) is 9.59 Å². The van der Waals surface area contributed by atoms with Crippen LogP contribution < -0.4 is 10.9 Å². The topological polar surface area (TPSA) is 101 Å². The van der Waals surface area contributed by atoms with Gasteiger partial charge in [0.1, 0.15) is 5.69 Å². The van der Waals surface area contributed by atoms with Crippen molar-refractivity contribution in [3.63, 3.8) is 0 Å². The first-order chi connectivity index (χ1) is 14.2. The normalized spacial score (nSPS) is 20.1. The number of carbonyl (C=O) groups is 1. The molecule has 1 aromatic heterocycles. The van der Waals surface area contributed by atoms with Crippen LogP contribution in [0.4, 0.5) is 5.69 Å². The third-order valence-corrected chi connectivity index (χ3v) is 7.48. The van der Waals surface area contributed by atoms with Gasteiger partial charge in [-0.15, -0.1) is 0 Å². The Balaban J connectivity index is 1.77. The quantitative estimate of drug-likeness (QED) is 0.756. The van der Waals surface area contributed by atoms with E-state index in [9.17, 15) is 18.0 Å². The summed E-state index contributed by atoms with van der Waals surface area (Å²) in [4.78, 5) is 24.4. The molecule has 2 atom stereocenters. The number of rotatable bonds is 6. The highest BCUT2D eigenvalue weighted by Gasteiger charge is 2.35. The Hall–Kier alpha value is -2.52. The van der Waals surface area contributed by atoms with E-state index in [2.05, 4.69) is 10.4 Å². The zero-order valence-corrected chi connectivity index (χ0v) is 18.4. The number of benzene rings is 1. The van der Waals surface area contributed by atoms with Crippen molar-refractivity contribution in [2.24, 2.45) is 0 Å². The number of carbonyl (C=O) groups excluding carboxylic acids is 1. The van der Waals surface area contributed by atoms with E-state index in [0.717, 1.165) is 25.7 Å². The van der Waals surface area contributed by atoms with Gasteiger partial charge in [0.25, 0.3) is 11.5 Å². The molecular weight excluding hydrogens is 404 g/mol. The number of nitrogens with zero attached hydrogens (tertiary/aromatic N) is 3. The summed E-state index contributed by atoms with van der Waals surface area (Å²) in [7, 11) is -3.60. The summed E-state index contributed by atoms with van der Waals surface area (Å²) in [6.07, 6.45) is 3.46. The van der Waals surface area contributed by atoms with E-state index in [0.29, 0.717) is 12.2 Å². The van der Waals surface area contributed by atoms with Gasteiger partial charge in [0.2, 0.25) is 10.0 Å². The Morgan fingerprint density at radius 2 is 1.73 bits per heavy atom. The number of hydrogen-bond acceptors (Lipinski definition) is 5. The number of aromatic nitrogens is 2. The monoisotopic (exact) mass is 432 g/mol. The van der Waals surface area contributed by atoms with Crippen LogP contribution in [0.1, 0.15) is 56.9 Å². The van der Waals surface area contributed by atoms with Crippen molar-refractivity contribution in [2.45, 2.75) is 70.0 Å². The van der Waals surface area contributed by atoms with E-state index < -0.39 is 15.9 Å². The number of anilines is 1. The first-order valence-corrected chi connectivity index (χ1v) is 11.7. The van der Waals surface area contributed by atoms with E-state index >= 15 is 0 Å². The zero-order valence-electron chi connectivity index (χ0n) is 17.5. The Morgan fingerprint density at radius 3 is 2.33 bits per heavy atom. The van der Waals surface area contributed by atoms with Crippen molar-refractivity contribution in [2.75, 3.05) is 5.32 Å². The first-order valence-electron chi connectivity index (χ1n) is 10.3. The van der Waals surface area contributed by atoms with Crippen LogP contribution in [0.2, 0.25) is 0 Å². The Labute approximate surface area is 177 Å². The molecule has 30 heavy (non-hydrogen) atoms. The lowest BCUT2D eigenvalue weighted by Gasteiger charge is -2.37. The van der Waals surface area contributed by atoms with Crippen molar-refractivity contribution in [3.05, 3.63) is 52.4 Å². The Bertz CT molecular complexity index is 1050. The molecule has 0 unspecified atom stereocenters. The molecule has 0 saturated carbocycles. The number of amides is 1. The smallest absolute Gasteiger partial charge is 0.276 e. The maximum Gasteiger partial charge on any atom is 0.276 e. The second-order valence-electron chi connectivity index (χ2n) is 7.72. The van der Waals surface area contributed by atoms with Gasteiger partial charge in [-0.05, 0) is 63.4 Å². The van der Waals surface area contributed by atoms with Gasteiger partial charge in [-0.2, -0.15) is 9.40 Å². The lowest BCUT2D eigenvalue weighted by atomic mass is 10.0. The summed E-state index contributed by atoms with van der Waals surface area (Å²) in [6.45, 7) is 6.22. The summed E-state index contributed by atoms with van der Waals surface area (Å²) < 4.78 is 29.0. The van der Waals surface area contributed by atoms with Crippen LogP contribution in [0.25, 0.3) is 0 Å². The minimum atomic E-state index is -3.60. The number of nitrogens with one attached hydrogen (secondary N) is 1. The lowest BCUT2D eigenvalue weighted by molar-refractivity contribution is 0.101. The number of piperidine rings is 1. The fourth-order valence-electron chi connectivity index (χ4n) is 3.84. The summed E-state index contributed by atoms with van der Waals surface area (Å²) >= 11 is 0. The molecule has 1 aliphatic heterocycles. The summed E-state index contributed by atoms with van der Waals surface area (Å²) in [5.41, 5.74) is 0.313. The van der Waals surface area contributed by atoms with E-state index in [4.69, 9.17) is 0 Å². The van der Waals surface area contributed by atoms with Gasteiger partial charge < -0.3 is 5.32 Å². The highest BCUT2D eigenvalue weighted by Crippen LogP contribution is 2.29. The molecule has 2 aromatic rings. The minimum Gasteiger partial charge on any atom is -0.321 e. The molecule has 162 valence electrons. The van der Waals surface area contributed by atoms with Crippen LogP contribution in [0.3, 0.4) is 0 Å². The average molecular weight is 433 g/mol. The van der Waals surface area contributed by atoms with Crippen LogP contribution in [0, 0.1) is 0 Å². The van der Waals surface area contributed by atoms with Gasteiger partial charge >= 0.3 is 0 Å². The molecule has 1 amide bonds. The minimum absolute atomic E-state index is 0.0389. The SMILES string of the molecule is CCCn1nc(C(=O)Nc2ccc(S(=O)(=O)N3[C@H](C)CCC[C@H]3C)cc2)ccc1=O. The zero-order chi connectivity index (χ0) is 21.9. The van der Waals surface area contributed by atoms with Crippen molar-refractivity contribution in [1.82, 2.24) is 14.1 Å². The van der Waals surface area contributed by atoms with E-state index in [-0.39, 0.29) is 28.2 Å². The second-order valence-corrected chi connectivity index (χ2v) is 9.57. The van der Waals surface area contributed by atoms with Crippen LogP contribution in [-0.2, 0) is 16.6 Å². The maximum absolute atomic E-state index is 13.1. The predicted molar refractivity (Wildman–Crippen MR) is 115 cm³/mol. The van der Waals surface area contributed by atoms with Crippen LogP contribution in [0.15, 0.2) is 46.1 Å². The van der Waals surface area contributed by atoms with Crippen LogP contribution >= 0.6 is 0 Å². The first kappa shape index (κ1) is 22.2. The molecule has 1 aliphatic rings. The summed E-state index contributed by atoms with van der Waals surface area (Å²) in [5.74, 6) is -0.464. The van der Waals surface area contributed by atoms with Gasteiger partial charge in [0.15, 0.2) is 0 Å². The fraction of sp³-hybridized carbons (Fsp3) is 0.476. The van der Waals surface area contributed by atoms with Crippen molar-refractivity contribution in [1.29, 1.82) is 0 Å². The summed E-state index contributed by atoms with van der Waals surface area (Å²) in [6, 6.07) is 8.74. The van der Waals surface area contributed by atoms with Gasteiger partial charge in [-0.25, -0.2) is 13.1 Å². The third-order valence-electron chi connectivity index (χ3n) is 5.33. The van der Waals surface area contributed by atoms with Gasteiger partial charge in [0, 0.05) is 30.4 Å². The molecule has 1 fully saturated rings. The predicted octanol–water partition coefficient (Wildman–Crippen LogP) is 2.86. The molecule has 1 saturated heterocycles. The van der Waals surface area contributed by atoms with E-state index in [1.807, 2.05) is 20.8 Å². The number of sulfonamides is 1. The van der Waals surface area contributed by atoms with Crippen LogP contribution in [-0.4, -0.2) is 40.5 Å². The van der Waals surface area contributed by atoms with Gasteiger partial charge in [-0.1, -0.05) is 13.3 Å². The molecule has 8 nitrogen and oxygen atoms in total. The molecule has 1 N–H and O–H groups in total. The van der Waals surface area contributed by atoms with E-state index in [1.165, 1.54) is 28.9 Å². The standard InChI is InChI=1S/C21H28N4O4S/c1-4-14-24-20(26)13-12-19(23-24)21(27)22-17-8-10-18(11-9-17)30(28,29)25-15(2)6-5-7-16(25)3/h8-13,15-16H,4-7,14H2,1-3H3,(H,22,27)/t15-,16-/m1/s1. The number of aryl methyl sites for hydroxylation is 1. The molecule has 9 heteroatoms. The Kier molecular flexibility index (Phi) is 6.72. The summed E-state index contributed by atoms with van der Waals surface area (Å²) in [5, 5.41) is 6.78. The molecule has 0 radical (unpaired) electrons. The van der Waals surface area contributed by atoms with Gasteiger partial charge in [0.05, 0.1) is 4.90 Å². The van der Waals surface area contributed by atoms with Crippen molar-refractivity contribution >= 4 is 21.6 Å². The molecular formula is C21H28N4O4S. The van der Waals surface area contributed by atoms with E-state index in [1.54, 1.807) is 16.4 Å². The third kappa shape index (κ3) is 4.62. The molecule has 0 bridgehead atoms. The highest BCUT2D eigenvalue weighted by molar-refractivity contribution is 7.89. The molecule has 2 heterocycles. The highest BCUT2D eigenvalue weighted by atomic mass is 32.2. The number of hydrogen-bond donors (Lipinski definition) is 1. The molecule has 0 aliphatic carbocycles. The molecule has 0 spiro atoms. The van der Waals surface area contributed by atoms with Crippen LogP contribution in [0.5, 0.6) is 0 Å². The molecule has 1 aromatic carbocycles. The average Bonchev–Trinajstić information content (AvgIpc) is 2.70. The lowest BCUT2D eigenvalue weighted by Crippen LogP contribution is -2.47. The molecule has 3 rings (SSSR count).